The highest BCUT2D eigenvalue weighted by molar-refractivity contribution is 6.21. The molecule has 0 atom stereocenters. The van der Waals surface area contributed by atoms with Crippen LogP contribution in [0.25, 0.3) is 0 Å². The van der Waals surface area contributed by atoms with Gasteiger partial charge >= 0.3 is 0 Å². The van der Waals surface area contributed by atoms with Crippen molar-refractivity contribution in [1.82, 2.24) is 4.90 Å². The smallest absolute Gasteiger partial charge is 0.261 e. The summed E-state index contributed by atoms with van der Waals surface area (Å²) in [7, 11) is 1.68. The third kappa shape index (κ3) is 4.05. The van der Waals surface area contributed by atoms with Crippen LogP contribution in [0.2, 0.25) is 0 Å². The van der Waals surface area contributed by atoms with Crippen LogP contribution in [-0.2, 0) is 0 Å². The molecular formula is C25H23N3O4. The quantitative estimate of drug-likeness (QED) is 0.352. The lowest BCUT2D eigenvalue weighted by Gasteiger charge is -2.21. The van der Waals surface area contributed by atoms with Crippen molar-refractivity contribution in [2.24, 2.45) is 0 Å². The minimum absolute atomic E-state index is 0.188. The van der Waals surface area contributed by atoms with Crippen LogP contribution in [-0.4, -0.2) is 42.8 Å². The Morgan fingerprint density at radius 2 is 1.50 bits per heavy atom. The summed E-state index contributed by atoms with van der Waals surface area (Å²) in [5, 5.41) is 0. The Bertz CT molecular complexity index is 1140. The molecule has 2 N–H and O–H groups in total. The van der Waals surface area contributed by atoms with Gasteiger partial charge in [0.15, 0.2) is 0 Å². The molecule has 0 bridgehead atoms. The molecule has 0 aliphatic carbocycles. The van der Waals surface area contributed by atoms with E-state index in [9.17, 15) is 14.4 Å². The van der Waals surface area contributed by atoms with E-state index in [2.05, 4.69) is 0 Å². The number of anilines is 2. The fourth-order valence-electron chi connectivity index (χ4n) is 3.63. The first-order valence-corrected chi connectivity index (χ1v) is 10.3. The molecular weight excluding hydrogens is 406 g/mol. The zero-order valence-corrected chi connectivity index (χ0v) is 17.7. The summed E-state index contributed by atoms with van der Waals surface area (Å²) < 4.78 is 5.91. The van der Waals surface area contributed by atoms with E-state index in [4.69, 9.17) is 10.5 Å². The van der Waals surface area contributed by atoms with Gasteiger partial charge in [0.25, 0.3) is 17.7 Å². The Kier molecular flexibility index (Phi) is 5.89. The third-order valence-electron chi connectivity index (χ3n) is 5.35. The van der Waals surface area contributed by atoms with Crippen LogP contribution in [0.5, 0.6) is 5.75 Å². The van der Waals surface area contributed by atoms with Gasteiger partial charge in [-0.3, -0.25) is 19.3 Å². The van der Waals surface area contributed by atoms with E-state index in [1.54, 1.807) is 67.7 Å². The molecule has 1 aliphatic heterocycles. The zero-order chi connectivity index (χ0) is 22.7. The van der Waals surface area contributed by atoms with Gasteiger partial charge in [-0.25, -0.2) is 0 Å². The lowest BCUT2D eigenvalue weighted by molar-refractivity contribution is 0.0646. The summed E-state index contributed by atoms with van der Waals surface area (Å²) in [6, 6.07) is 20.8. The second-order valence-electron chi connectivity index (χ2n) is 7.46. The van der Waals surface area contributed by atoms with Crippen molar-refractivity contribution in [2.45, 2.75) is 6.42 Å². The van der Waals surface area contributed by atoms with Gasteiger partial charge in [-0.05, 0) is 55.0 Å². The minimum atomic E-state index is -0.278. The Labute approximate surface area is 186 Å². The standard InChI is InChI=1S/C25H23N3O4/c1-27(23(29)17-11-13-18(26)14-12-17)21-9-4-5-10-22(21)32-16-6-15-28-24(30)19-7-2-3-8-20(19)25(28)31/h2-5,7-14H,6,15-16,26H2,1H3. The number of hydrogen-bond acceptors (Lipinski definition) is 5. The molecule has 32 heavy (non-hydrogen) atoms. The number of fused-ring (bicyclic) bond motifs is 1. The SMILES string of the molecule is CN(C(=O)c1ccc(N)cc1)c1ccccc1OCCCN1C(=O)c2ccccc2C1=O. The number of carbonyl (C=O) groups excluding carboxylic acids is 3. The van der Waals surface area contributed by atoms with Gasteiger partial charge in [0.2, 0.25) is 0 Å². The maximum absolute atomic E-state index is 12.8. The van der Waals surface area contributed by atoms with E-state index in [0.717, 1.165) is 0 Å². The van der Waals surface area contributed by atoms with Crippen LogP contribution >= 0.6 is 0 Å². The molecule has 0 saturated heterocycles. The van der Waals surface area contributed by atoms with Crippen LogP contribution in [0.15, 0.2) is 72.8 Å². The van der Waals surface area contributed by atoms with Crippen molar-refractivity contribution in [2.75, 3.05) is 30.8 Å². The van der Waals surface area contributed by atoms with Crippen LogP contribution in [0.1, 0.15) is 37.5 Å². The summed E-state index contributed by atoms with van der Waals surface area (Å²) in [6.45, 7) is 0.545. The summed E-state index contributed by atoms with van der Waals surface area (Å²) in [5.74, 6) is -0.201. The van der Waals surface area contributed by atoms with E-state index < -0.39 is 0 Å². The highest BCUT2D eigenvalue weighted by Gasteiger charge is 2.34. The summed E-state index contributed by atoms with van der Waals surface area (Å²) >= 11 is 0. The van der Waals surface area contributed by atoms with Gasteiger partial charge in [-0.15, -0.1) is 0 Å². The zero-order valence-electron chi connectivity index (χ0n) is 17.7. The Hall–Kier alpha value is -4.13. The van der Waals surface area contributed by atoms with E-state index in [1.807, 2.05) is 12.1 Å². The molecule has 3 aromatic rings. The van der Waals surface area contributed by atoms with Gasteiger partial charge in [-0.1, -0.05) is 24.3 Å². The van der Waals surface area contributed by atoms with E-state index in [-0.39, 0.29) is 30.9 Å². The van der Waals surface area contributed by atoms with Crippen LogP contribution in [0.3, 0.4) is 0 Å². The van der Waals surface area contributed by atoms with Crippen molar-refractivity contribution in [3.63, 3.8) is 0 Å². The number of amides is 3. The molecule has 0 radical (unpaired) electrons. The Morgan fingerprint density at radius 3 is 2.16 bits per heavy atom. The molecule has 0 fully saturated rings. The largest absolute Gasteiger partial charge is 0.491 e. The molecule has 162 valence electrons. The first-order valence-electron chi connectivity index (χ1n) is 10.3. The molecule has 3 amide bonds. The molecule has 4 rings (SSSR count). The van der Waals surface area contributed by atoms with Crippen LogP contribution in [0, 0.1) is 0 Å². The number of imide groups is 1. The van der Waals surface area contributed by atoms with Gasteiger partial charge < -0.3 is 15.4 Å². The predicted molar refractivity (Wildman–Crippen MR) is 122 cm³/mol. The molecule has 7 nitrogen and oxygen atoms in total. The van der Waals surface area contributed by atoms with E-state index in [1.165, 1.54) is 9.80 Å². The van der Waals surface area contributed by atoms with Crippen molar-refractivity contribution < 1.29 is 19.1 Å². The van der Waals surface area contributed by atoms with Crippen LogP contribution < -0.4 is 15.4 Å². The van der Waals surface area contributed by atoms with Crippen molar-refractivity contribution in [3.8, 4) is 5.75 Å². The summed E-state index contributed by atoms with van der Waals surface area (Å²) in [4.78, 5) is 40.5. The number of hydrogen-bond donors (Lipinski definition) is 1. The first kappa shape index (κ1) is 21.1. The highest BCUT2D eigenvalue weighted by atomic mass is 16.5. The Morgan fingerprint density at radius 1 is 0.906 bits per heavy atom. The van der Waals surface area contributed by atoms with Gasteiger partial charge in [0.05, 0.1) is 23.4 Å². The number of carbonyl (C=O) groups is 3. The number of nitrogen functional groups attached to an aromatic ring is 1. The fraction of sp³-hybridized carbons (Fsp3) is 0.160. The molecule has 3 aromatic carbocycles. The molecule has 0 saturated carbocycles. The number of nitrogens with zero attached hydrogens (tertiary/aromatic N) is 2. The van der Waals surface area contributed by atoms with Crippen molar-refractivity contribution in [3.05, 3.63) is 89.5 Å². The molecule has 0 aromatic heterocycles. The number of benzene rings is 3. The monoisotopic (exact) mass is 429 g/mol. The average molecular weight is 429 g/mol. The topological polar surface area (TPSA) is 92.9 Å². The number of nitrogens with two attached hydrogens (primary N) is 1. The van der Waals surface area contributed by atoms with E-state index >= 15 is 0 Å². The molecule has 0 spiro atoms. The van der Waals surface area contributed by atoms with Gasteiger partial charge in [0.1, 0.15) is 5.75 Å². The van der Waals surface area contributed by atoms with Crippen molar-refractivity contribution >= 4 is 29.1 Å². The van der Waals surface area contributed by atoms with Gasteiger partial charge in [0, 0.05) is 24.8 Å². The second kappa shape index (κ2) is 8.93. The van der Waals surface area contributed by atoms with E-state index in [0.29, 0.717) is 40.2 Å². The molecule has 1 heterocycles. The highest BCUT2D eigenvalue weighted by Crippen LogP contribution is 2.29. The number of rotatable bonds is 7. The molecule has 7 heteroatoms. The normalized spacial score (nSPS) is 12.6. The number of para-hydroxylation sites is 2. The maximum Gasteiger partial charge on any atom is 0.261 e. The molecule has 1 aliphatic rings. The molecule has 0 unspecified atom stereocenters. The summed E-state index contributed by atoms with van der Waals surface area (Å²) in [6.07, 6.45) is 0.468. The van der Waals surface area contributed by atoms with Crippen molar-refractivity contribution in [1.29, 1.82) is 0 Å². The number of ether oxygens (including phenoxy) is 1. The minimum Gasteiger partial charge on any atom is -0.491 e. The van der Waals surface area contributed by atoms with Gasteiger partial charge in [-0.2, -0.15) is 0 Å². The first-order chi connectivity index (χ1) is 15.5. The lowest BCUT2D eigenvalue weighted by Crippen LogP contribution is -2.31. The Balaban J connectivity index is 1.38. The predicted octanol–water partition coefficient (Wildman–Crippen LogP) is 3.61. The lowest BCUT2D eigenvalue weighted by atomic mass is 10.1. The second-order valence-corrected chi connectivity index (χ2v) is 7.46. The van der Waals surface area contributed by atoms with Crippen LogP contribution in [0.4, 0.5) is 11.4 Å². The maximum atomic E-state index is 12.8. The third-order valence-corrected chi connectivity index (χ3v) is 5.35. The average Bonchev–Trinajstić information content (AvgIpc) is 3.06. The summed E-state index contributed by atoms with van der Waals surface area (Å²) in [5.41, 5.74) is 8.30. The fourth-order valence-corrected chi connectivity index (χ4v) is 3.63.